The standard InChI is InChI=1S/C11H15IO2/c1-2-7-14-8-11(13)9-3-5-10(12)6-4-9/h3-6,11,13H,2,7-8H2,1H3. The minimum absolute atomic E-state index is 0.383. The van der Waals surface area contributed by atoms with Gasteiger partial charge >= 0.3 is 0 Å². The molecule has 78 valence electrons. The Morgan fingerprint density at radius 3 is 2.57 bits per heavy atom. The Labute approximate surface area is 98.4 Å². The van der Waals surface area contributed by atoms with Crippen molar-refractivity contribution in [3.05, 3.63) is 33.4 Å². The van der Waals surface area contributed by atoms with E-state index in [0.29, 0.717) is 13.2 Å². The van der Waals surface area contributed by atoms with Crippen molar-refractivity contribution in [2.24, 2.45) is 0 Å². The summed E-state index contributed by atoms with van der Waals surface area (Å²) in [7, 11) is 0. The third kappa shape index (κ3) is 3.94. The van der Waals surface area contributed by atoms with Crippen LogP contribution in [0, 0.1) is 3.57 Å². The molecule has 1 unspecified atom stereocenters. The third-order valence-electron chi connectivity index (χ3n) is 1.88. The average molecular weight is 306 g/mol. The lowest BCUT2D eigenvalue weighted by molar-refractivity contribution is 0.0364. The Morgan fingerprint density at radius 2 is 2.00 bits per heavy atom. The average Bonchev–Trinajstić information content (AvgIpc) is 2.19. The summed E-state index contributed by atoms with van der Waals surface area (Å²) in [5.41, 5.74) is 0.918. The Hall–Kier alpha value is -0.130. The van der Waals surface area contributed by atoms with Crippen LogP contribution in [0.25, 0.3) is 0 Å². The third-order valence-corrected chi connectivity index (χ3v) is 2.60. The quantitative estimate of drug-likeness (QED) is 0.669. The van der Waals surface area contributed by atoms with E-state index in [2.05, 4.69) is 29.5 Å². The van der Waals surface area contributed by atoms with E-state index >= 15 is 0 Å². The topological polar surface area (TPSA) is 29.5 Å². The monoisotopic (exact) mass is 306 g/mol. The van der Waals surface area contributed by atoms with Gasteiger partial charge in [-0.3, -0.25) is 0 Å². The molecule has 1 aromatic carbocycles. The SMILES string of the molecule is CCCOCC(O)c1ccc(I)cc1. The van der Waals surface area contributed by atoms with Crippen LogP contribution < -0.4 is 0 Å². The maximum absolute atomic E-state index is 9.71. The number of hydrogen-bond acceptors (Lipinski definition) is 2. The molecule has 2 nitrogen and oxygen atoms in total. The van der Waals surface area contributed by atoms with Crippen molar-refractivity contribution < 1.29 is 9.84 Å². The number of aliphatic hydroxyl groups is 1. The summed E-state index contributed by atoms with van der Waals surface area (Å²) in [6, 6.07) is 7.83. The van der Waals surface area contributed by atoms with Crippen molar-refractivity contribution in [2.45, 2.75) is 19.4 Å². The van der Waals surface area contributed by atoms with Crippen LogP contribution in [0.2, 0.25) is 0 Å². The van der Waals surface area contributed by atoms with Crippen molar-refractivity contribution >= 4 is 22.6 Å². The van der Waals surface area contributed by atoms with Crippen LogP contribution in [-0.4, -0.2) is 18.3 Å². The highest BCUT2D eigenvalue weighted by Gasteiger charge is 2.06. The largest absolute Gasteiger partial charge is 0.386 e. The number of rotatable bonds is 5. The lowest BCUT2D eigenvalue weighted by atomic mass is 10.1. The van der Waals surface area contributed by atoms with Gasteiger partial charge in [-0.25, -0.2) is 0 Å². The van der Waals surface area contributed by atoms with Crippen molar-refractivity contribution in [2.75, 3.05) is 13.2 Å². The van der Waals surface area contributed by atoms with E-state index in [-0.39, 0.29) is 0 Å². The molecule has 0 aromatic heterocycles. The van der Waals surface area contributed by atoms with Gasteiger partial charge in [0.2, 0.25) is 0 Å². The van der Waals surface area contributed by atoms with Crippen LogP contribution in [0.1, 0.15) is 25.0 Å². The highest BCUT2D eigenvalue weighted by Crippen LogP contribution is 2.15. The second-order valence-electron chi connectivity index (χ2n) is 3.14. The Kier molecular flexibility index (Phi) is 5.44. The van der Waals surface area contributed by atoms with Crippen molar-refractivity contribution in [1.29, 1.82) is 0 Å². The highest BCUT2D eigenvalue weighted by molar-refractivity contribution is 14.1. The van der Waals surface area contributed by atoms with Crippen LogP contribution in [0.4, 0.5) is 0 Å². The van der Waals surface area contributed by atoms with Crippen LogP contribution in [0.5, 0.6) is 0 Å². The molecule has 0 saturated heterocycles. The van der Waals surface area contributed by atoms with Gasteiger partial charge in [-0.2, -0.15) is 0 Å². The van der Waals surface area contributed by atoms with Gasteiger partial charge < -0.3 is 9.84 Å². The number of aliphatic hydroxyl groups excluding tert-OH is 1. The lowest BCUT2D eigenvalue weighted by Gasteiger charge is -2.11. The summed E-state index contributed by atoms with van der Waals surface area (Å²) in [6.07, 6.45) is 0.484. The van der Waals surface area contributed by atoms with E-state index < -0.39 is 6.10 Å². The summed E-state index contributed by atoms with van der Waals surface area (Å²) >= 11 is 2.24. The molecule has 0 aliphatic heterocycles. The van der Waals surface area contributed by atoms with E-state index in [0.717, 1.165) is 12.0 Å². The normalized spacial score (nSPS) is 12.8. The molecule has 0 saturated carbocycles. The first-order chi connectivity index (χ1) is 6.74. The Morgan fingerprint density at radius 1 is 1.36 bits per heavy atom. The van der Waals surface area contributed by atoms with Crippen molar-refractivity contribution in [1.82, 2.24) is 0 Å². The summed E-state index contributed by atoms with van der Waals surface area (Å²) in [5.74, 6) is 0. The van der Waals surface area contributed by atoms with Crippen molar-refractivity contribution in [3.8, 4) is 0 Å². The van der Waals surface area contributed by atoms with Gasteiger partial charge in [0.1, 0.15) is 6.10 Å². The van der Waals surface area contributed by atoms with Crippen LogP contribution in [0.3, 0.4) is 0 Å². The highest BCUT2D eigenvalue weighted by atomic mass is 127. The molecule has 0 fully saturated rings. The van der Waals surface area contributed by atoms with Gasteiger partial charge in [-0.1, -0.05) is 19.1 Å². The zero-order chi connectivity index (χ0) is 10.4. The maximum atomic E-state index is 9.71. The number of halogens is 1. The van der Waals surface area contributed by atoms with Gasteiger partial charge in [0.25, 0.3) is 0 Å². The molecular weight excluding hydrogens is 291 g/mol. The predicted molar refractivity (Wildman–Crippen MR) is 65.2 cm³/mol. The van der Waals surface area contributed by atoms with Crippen LogP contribution in [-0.2, 0) is 4.74 Å². The van der Waals surface area contributed by atoms with Gasteiger partial charge in [0, 0.05) is 10.2 Å². The fourth-order valence-corrected chi connectivity index (χ4v) is 1.48. The lowest BCUT2D eigenvalue weighted by Crippen LogP contribution is -2.07. The van der Waals surface area contributed by atoms with E-state index in [9.17, 15) is 5.11 Å². The smallest absolute Gasteiger partial charge is 0.102 e. The molecular formula is C11H15IO2. The second-order valence-corrected chi connectivity index (χ2v) is 4.39. The van der Waals surface area contributed by atoms with Crippen LogP contribution >= 0.6 is 22.6 Å². The first-order valence-corrected chi connectivity index (χ1v) is 5.83. The molecule has 3 heteroatoms. The van der Waals surface area contributed by atoms with Gasteiger partial charge in [0.15, 0.2) is 0 Å². The zero-order valence-electron chi connectivity index (χ0n) is 8.24. The number of ether oxygens (including phenoxy) is 1. The van der Waals surface area contributed by atoms with Gasteiger partial charge in [-0.15, -0.1) is 0 Å². The molecule has 0 aliphatic rings. The van der Waals surface area contributed by atoms with Gasteiger partial charge in [-0.05, 0) is 46.7 Å². The predicted octanol–water partition coefficient (Wildman–Crippen LogP) is 2.75. The molecule has 0 spiro atoms. The molecule has 0 amide bonds. The molecule has 1 rings (SSSR count). The van der Waals surface area contributed by atoms with E-state index in [1.54, 1.807) is 0 Å². The molecule has 1 atom stereocenters. The first kappa shape index (κ1) is 11.9. The second kappa shape index (κ2) is 6.37. The van der Waals surface area contributed by atoms with Crippen LogP contribution in [0.15, 0.2) is 24.3 Å². The summed E-state index contributed by atoms with van der Waals surface area (Å²) in [6.45, 7) is 3.15. The summed E-state index contributed by atoms with van der Waals surface area (Å²) in [4.78, 5) is 0. The summed E-state index contributed by atoms with van der Waals surface area (Å²) < 4.78 is 6.45. The fourth-order valence-electron chi connectivity index (χ4n) is 1.12. The van der Waals surface area contributed by atoms with Gasteiger partial charge in [0.05, 0.1) is 6.61 Å². The molecule has 1 N–H and O–H groups in total. The molecule has 14 heavy (non-hydrogen) atoms. The Bertz CT molecular complexity index is 258. The molecule has 0 heterocycles. The van der Waals surface area contributed by atoms with E-state index in [4.69, 9.17) is 4.74 Å². The fraction of sp³-hybridized carbons (Fsp3) is 0.455. The first-order valence-electron chi connectivity index (χ1n) is 4.75. The van der Waals surface area contributed by atoms with Crippen molar-refractivity contribution in [3.63, 3.8) is 0 Å². The minimum Gasteiger partial charge on any atom is -0.386 e. The zero-order valence-corrected chi connectivity index (χ0v) is 10.4. The molecule has 0 bridgehead atoms. The number of hydrogen-bond donors (Lipinski definition) is 1. The van der Waals surface area contributed by atoms with E-state index in [1.165, 1.54) is 3.57 Å². The maximum Gasteiger partial charge on any atom is 0.102 e. The molecule has 1 aromatic rings. The van der Waals surface area contributed by atoms with E-state index in [1.807, 2.05) is 24.3 Å². The molecule has 0 aliphatic carbocycles. The number of benzene rings is 1. The Balaban J connectivity index is 2.43. The molecule has 0 radical (unpaired) electrons. The minimum atomic E-state index is -0.501. The summed E-state index contributed by atoms with van der Waals surface area (Å²) in [5, 5.41) is 9.71.